The van der Waals surface area contributed by atoms with Crippen LogP contribution < -0.4 is 5.73 Å². The van der Waals surface area contributed by atoms with Crippen LogP contribution in [0.3, 0.4) is 0 Å². The van der Waals surface area contributed by atoms with Crippen LogP contribution in [-0.4, -0.2) is 20.7 Å². The number of primary amides is 1. The first kappa shape index (κ1) is 14.5. The Morgan fingerprint density at radius 2 is 2.04 bits per heavy atom. The number of nitrogens with zero attached hydrogens (tertiary/aromatic N) is 4. The maximum Gasteiger partial charge on any atom is 0.248 e. The van der Waals surface area contributed by atoms with Crippen molar-refractivity contribution >= 4 is 5.91 Å². The van der Waals surface area contributed by atoms with E-state index in [4.69, 9.17) is 11.0 Å². The fourth-order valence-corrected chi connectivity index (χ4v) is 2.42. The highest BCUT2D eigenvalue weighted by atomic mass is 16.1. The van der Waals surface area contributed by atoms with Crippen molar-refractivity contribution in [1.29, 1.82) is 5.26 Å². The molecular formula is C17H13N5O. The average molecular weight is 303 g/mol. The summed E-state index contributed by atoms with van der Waals surface area (Å²) in [5.41, 5.74) is 8.75. The van der Waals surface area contributed by atoms with Gasteiger partial charge in [-0.2, -0.15) is 5.26 Å². The van der Waals surface area contributed by atoms with Gasteiger partial charge in [0.05, 0.1) is 11.6 Å². The third kappa shape index (κ3) is 2.68. The molecule has 2 aromatic carbocycles. The maximum atomic E-state index is 11.4. The zero-order valence-corrected chi connectivity index (χ0v) is 12.4. The van der Waals surface area contributed by atoms with Crippen LogP contribution in [0.25, 0.3) is 22.5 Å². The SMILES string of the molecule is Cn1cnnc1-c1cc(C#N)ccc1-c1cccc(C(N)=O)c1. The predicted molar refractivity (Wildman–Crippen MR) is 85.1 cm³/mol. The fraction of sp³-hybridized carbons (Fsp3) is 0.0588. The van der Waals surface area contributed by atoms with Gasteiger partial charge in [0, 0.05) is 18.2 Å². The second-order valence-electron chi connectivity index (χ2n) is 5.08. The molecule has 0 aliphatic rings. The lowest BCUT2D eigenvalue weighted by molar-refractivity contribution is 0.100. The number of aromatic nitrogens is 3. The van der Waals surface area contributed by atoms with Crippen LogP contribution in [0.15, 0.2) is 48.8 Å². The van der Waals surface area contributed by atoms with E-state index in [9.17, 15) is 4.79 Å². The van der Waals surface area contributed by atoms with Crippen LogP contribution in [0.2, 0.25) is 0 Å². The van der Waals surface area contributed by atoms with Crippen LogP contribution in [0, 0.1) is 11.3 Å². The largest absolute Gasteiger partial charge is 0.366 e. The highest BCUT2D eigenvalue weighted by Gasteiger charge is 2.14. The second-order valence-corrected chi connectivity index (χ2v) is 5.08. The summed E-state index contributed by atoms with van der Waals surface area (Å²) < 4.78 is 1.78. The van der Waals surface area contributed by atoms with Crippen LogP contribution in [-0.2, 0) is 7.05 Å². The van der Waals surface area contributed by atoms with Gasteiger partial charge in [0.15, 0.2) is 5.82 Å². The number of rotatable bonds is 3. The summed E-state index contributed by atoms with van der Waals surface area (Å²) in [4.78, 5) is 11.4. The quantitative estimate of drug-likeness (QED) is 0.801. The molecule has 112 valence electrons. The number of nitrogens with two attached hydrogens (primary N) is 1. The van der Waals surface area contributed by atoms with E-state index in [1.807, 2.05) is 19.2 Å². The number of carbonyl (C=O) groups is 1. The molecule has 0 saturated carbocycles. The van der Waals surface area contributed by atoms with Crippen LogP contribution >= 0.6 is 0 Å². The van der Waals surface area contributed by atoms with E-state index in [2.05, 4.69) is 16.3 Å². The number of carbonyl (C=O) groups excluding carboxylic acids is 1. The van der Waals surface area contributed by atoms with E-state index in [1.54, 1.807) is 41.2 Å². The van der Waals surface area contributed by atoms with Gasteiger partial charge in [0.1, 0.15) is 6.33 Å². The third-order valence-electron chi connectivity index (χ3n) is 3.56. The molecule has 0 fully saturated rings. The Kier molecular flexibility index (Phi) is 3.61. The molecule has 6 nitrogen and oxygen atoms in total. The number of aryl methyl sites for hydroxylation is 1. The van der Waals surface area contributed by atoms with Gasteiger partial charge >= 0.3 is 0 Å². The van der Waals surface area contributed by atoms with Gasteiger partial charge < -0.3 is 10.3 Å². The van der Waals surface area contributed by atoms with Crippen molar-refractivity contribution in [3.63, 3.8) is 0 Å². The molecule has 0 spiro atoms. The zero-order valence-electron chi connectivity index (χ0n) is 12.4. The summed E-state index contributed by atoms with van der Waals surface area (Å²) in [6.07, 6.45) is 1.60. The first-order chi connectivity index (χ1) is 11.1. The summed E-state index contributed by atoms with van der Waals surface area (Å²) in [5, 5.41) is 17.2. The van der Waals surface area contributed by atoms with Crippen molar-refractivity contribution in [2.75, 3.05) is 0 Å². The third-order valence-corrected chi connectivity index (χ3v) is 3.56. The minimum absolute atomic E-state index is 0.427. The number of hydrogen-bond donors (Lipinski definition) is 1. The standard InChI is InChI=1S/C17H13N5O/c1-22-10-20-21-17(22)15-7-11(9-18)5-6-14(15)12-3-2-4-13(8-12)16(19)23/h2-8,10H,1H3,(H2,19,23). The van der Waals surface area contributed by atoms with Gasteiger partial charge in [-0.05, 0) is 35.4 Å². The second kappa shape index (κ2) is 5.73. The molecule has 0 radical (unpaired) electrons. The Labute approximate surface area is 132 Å². The smallest absolute Gasteiger partial charge is 0.248 e. The van der Waals surface area contributed by atoms with E-state index in [1.165, 1.54) is 0 Å². The van der Waals surface area contributed by atoms with Crippen molar-refractivity contribution < 1.29 is 4.79 Å². The van der Waals surface area contributed by atoms with E-state index in [0.29, 0.717) is 17.0 Å². The summed E-state index contributed by atoms with van der Waals surface area (Å²) in [6, 6.07) is 14.5. The molecule has 6 heteroatoms. The molecule has 3 aromatic rings. The van der Waals surface area contributed by atoms with E-state index >= 15 is 0 Å². The lowest BCUT2D eigenvalue weighted by Crippen LogP contribution is -2.10. The molecule has 0 unspecified atom stereocenters. The number of benzene rings is 2. The molecule has 1 heterocycles. The van der Waals surface area contributed by atoms with Crippen molar-refractivity contribution in [3.8, 4) is 28.6 Å². The molecule has 0 saturated heterocycles. The van der Waals surface area contributed by atoms with Gasteiger partial charge in [-0.15, -0.1) is 10.2 Å². The van der Waals surface area contributed by atoms with Crippen molar-refractivity contribution in [2.24, 2.45) is 12.8 Å². The molecule has 1 amide bonds. The molecule has 0 bridgehead atoms. The Hall–Kier alpha value is -3.46. The van der Waals surface area contributed by atoms with Crippen LogP contribution in [0.5, 0.6) is 0 Å². The zero-order chi connectivity index (χ0) is 16.4. The van der Waals surface area contributed by atoms with Crippen LogP contribution in [0.1, 0.15) is 15.9 Å². The Morgan fingerprint density at radius 3 is 2.70 bits per heavy atom. The van der Waals surface area contributed by atoms with E-state index in [0.717, 1.165) is 16.7 Å². The monoisotopic (exact) mass is 303 g/mol. The first-order valence-corrected chi connectivity index (χ1v) is 6.89. The number of nitriles is 1. The van der Waals surface area contributed by atoms with Gasteiger partial charge in [-0.25, -0.2) is 0 Å². The summed E-state index contributed by atoms with van der Waals surface area (Å²) in [7, 11) is 1.83. The van der Waals surface area contributed by atoms with Gasteiger partial charge in [-0.3, -0.25) is 4.79 Å². The highest BCUT2D eigenvalue weighted by molar-refractivity contribution is 5.95. The highest BCUT2D eigenvalue weighted by Crippen LogP contribution is 2.32. The maximum absolute atomic E-state index is 11.4. The molecular weight excluding hydrogens is 290 g/mol. The lowest BCUT2D eigenvalue weighted by Gasteiger charge is -2.10. The minimum atomic E-state index is -0.485. The van der Waals surface area contributed by atoms with Crippen molar-refractivity contribution in [2.45, 2.75) is 0 Å². The summed E-state index contributed by atoms with van der Waals surface area (Å²) in [6.45, 7) is 0. The van der Waals surface area contributed by atoms with Gasteiger partial charge in [-0.1, -0.05) is 18.2 Å². The first-order valence-electron chi connectivity index (χ1n) is 6.89. The molecule has 0 aliphatic heterocycles. The van der Waals surface area contributed by atoms with E-state index in [-0.39, 0.29) is 0 Å². The number of amides is 1. The lowest BCUT2D eigenvalue weighted by atomic mass is 9.96. The molecule has 3 rings (SSSR count). The van der Waals surface area contributed by atoms with E-state index < -0.39 is 5.91 Å². The fourth-order valence-electron chi connectivity index (χ4n) is 2.42. The Bertz CT molecular complexity index is 936. The Morgan fingerprint density at radius 1 is 1.22 bits per heavy atom. The normalized spacial score (nSPS) is 10.3. The Balaban J connectivity index is 2.24. The molecule has 0 aliphatic carbocycles. The van der Waals surface area contributed by atoms with Crippen molar-refractivity contribution in [3.05, 3.63) is 59.9 Å². The van der Waals surface area contributed by atoms with Crippen LogP contribution in [0.4, 0.5) is 0 Å². The van der Waals surface area contributed by atoms with Gasteiger partial charge in [0.25, 0.3) is 0 Å². The van der Waals surface area contributed by atoms with Crippen molar-refractivity contribution in [1.82, 2.24) is 14.8 Å². The molecule has 0 atom stereocenters. The van der Waals surface area contributed by atoms with Gasteiger partial charge in [0.2, 0.25) is 5.91 Å². The number of hydrogen-bond acceptors (Lipinski definition) is 4. The summed E-state index contributed by atoms with van der Waals surface area (Å²) >= 11 is 0. The molecule has 23 heavy (non-hydrogen) atoms. The average Bonchev–Trinajstić information content (AvgIpc) is 3.00. The molecule has 1 aromatic heterocycles. The summed E-state index contributed by atoms with van der Waals surface area (Å²) in [5.74, 6) is 0.155. The minimum Gasteiger partial charge on any atom is -0.366 e. The predicted octanol–water partition coefficient (Wildman–Crippen LogP) is 2.12. The molecule has 2 N–H and O–H groups in total. The topological polar surface area (TPSA) is 97.6 Å².